The molecule has 0 aliphatic rings. The minimum Gasteiger partial charge on any atom is -0.361 e. The van der Waals surface area contributed by atoms with Crippen molar-refractivity contribution in [3.05, 3.63) is 33.2 Å². The Morgan fingerprint density at radius 3 is 2.69 bits per heavy atom. The summed E-state index contributed by atoms with van der Waals surface area (Å²) in [6.45, 7) is 8.27. The van der Waals surface area contributed by atoms with Crippen LogP contribution in [-0.4, -0.2) is 19.2 Å². The maximum atomic E-state index is 11.1. The fraction of sp³-hybridized carbons (Fsp3) is 0.545. The lowest BCUT2D eigenvalue weighted by atomic mass is 10.5. The Balaban J connectivity index is 2.38. The molecule has 3 nitrogen and oxygen atoms in total. The Bertz CT molecular complexity index is 398. The van der Waals surface area contributed by atoms with Crippen molar-refractivity contribution in [2.24, 2.45) is 0 Å². The van der Waals surface area contributed by atoms with Gasteiger partial charge >= 0.3 is 0 Å². The molecule has 16 heavy (non-hydrogen) atoms. The molecule has 1 aromatic rings. The van der Waals surface area contributed by atoms with Gasteiger partial charge in [-0.25, -0.2) is 0 Å². The van der Waals surface area contributed by atoms with Crippen molar-refractivity contribution in [2.75, 3.05) is 6.61 Å². The van der Waals surface area contributed by atoms with E-state index in [1.165, 1.54) is 6.07 Å². The van der Waals surface area contributed by atoms with E-state index >= 15 is 0 Å². The van der Waals surface area contributed by atoms with Crippen LogP contribution >= 0.6 is 15.9 Å². The summed E-state index contributed by atoms with van der Waals surface area (Å²) < 4.78 is 8.00. The molecule has 0 amide bonds. The molecule has 0 saturated carbocycles. The van der Waals surface area contributed by atoms with Crippen molar-refractivity contribution in [2.45, 2.75) is 32.4 Å². The van der Waals surface area contributed by atoms with Gasteiger partial charge in [0, 0.05) is 33.1 Å². The molecule has 1 heterocycles. The van der Waals surface area contributed by atoms with Gasteiger partial charge in [-0.1, -0.05) is 19.6 Å². The molecule has 0 radical (unpaired) electrons. The molecular formula is C11H18BrNO2Si. The number of hydrogen-bond donors (Lipinski definition) is 0. The maximum Gasteiger partial charge on any atom is 0.195 e. The first-order valence-corrected chi connectivity index (χ1v) is 9.82. The molecule has 90 valence electrons. The van der Waals surface area contributed by atoms with Crippen LogP contribution in [0, 0.1) is 0 Å². The molecule has 0 aliphatic carbocycles. The third-order valence-electron chi connectivity index (χ3n) is 2.17. The van der Waals surface area contributed by atoms with E-state index in [1.54, 1.807) is 12.4 Å². The fourth-order valence-electron chi connectivity index (χ4n) is 1.12. The quantitative estimate of drug-likeness (QED) is 0.618. The second-order valence-electron chi connectivity index (χ2n) is 5.02. The van der Waals surface area contributed by atoms with E-state index in [0.717, 1.165) is 12.7 Å². The van der Waals surface area contributed by atoms with Gasteiger partial charge in [0.25, 0.3) is 0 Å². The van der Waals surface area contributed by atoms with Gasteiger partial charge in [0.15, 0.2) is 5.43 Å². The molecule has 0 atom stereocenters. The molecule has 0 spiro atoms. The zero-order chi connectivity index (χ0) is 12.2. The Hall–Kier alpha value is -0.393. The molecule has 1 rings (SSSR count). The van der Waals surface area contributed by atoms with Gasteiger partial charge < -0.3 is 9.30 Å². The summed E-state index contributed by atoms with van der Waals surface area (Å²) in [6.07, 6.45) is 3.48. The van der Waals surface area contributed by atoms with Crippen molar-refractivity contribution >= 4 is 24.0 Å². The third kappa shape index (κ3) is 5.09. The number of aromatic nitrogens is 1. The van der Waals surface area contributed by atoms with Crippen LogP contribution in [-0.2, 0) is 11.5 Å². The summed E-state index contributed by atoms with van der Waals surface area (Å²) >= 11 is 3.20. The fourth-order valence-corrected chi connectivity index (χ4v) is 2.28. The molecule has 0 unspecified atom stereocenters. The lowest BCUT2D eigenvalue weighted by Gasteiger charge is -2.15. The van der Waals surface area contributed by atoms with Gasteiger partial charge in [0.05, 0.1) is 4.47 Å². The van der Waals surface area contributed by atoms with Gasteiger partial charge in [-0.3, -0.25) is 4.79 Å². The van der Waals surface area contributed by atoms with Crippen molar-refractivity contribution < 1.29 is 4.74 Å². The monoisotopic (exact) mass is 303 g/mol. The number of pyridine rings is 1. The molecular weight excluding hydrogens is 286 g/mol. The number of ether oxygens (including phenoxy) is 1. The predicted octanol–water partition coefficient (Wildman–Crippen LogP) is 2.92. The van der Waals surface area contributed by atoms with Crippen molar-refractivity contribution in [1.82, 2.24) is 4.57 Å². The van der Waals surface area contributed by atoms with Gasteiger partial charge in [0.2, 0.25) is 0 Å². The van der Waals surface area contributed by atoms with E-state index in [9.17, 15) is 4.79 Å². The highest BCUT2D eigenvalue weighted by atomic mass is 79.9. The van der Waals surface area contributed by atoms with E-state index < -0.39 is 8.07 Å². The summed E-state index contributed by atoms with van der Waals surface area (Å²) in [5, 5.41) is 0. The average molecular weight is 304 g/mol. The Morgan fingerprint density at radius 2 is 2.12 bits per heavy atom. The van der Waals surface area contributed by atoms with Gasteiger partial charge in [-0.05, 0) is 22.0 Å². The van der Waals surface area contributed by atoms with Crippen LogP contribution < -0.4 is 5.43 Å². The largest absolute Gasteiger partial charge is 0.361 e. The lowest BCUT2D eigenvalue weighted by Crippen LogP contribution is -2.22. The average Bonchev–Trinajstić information content (AvgIpc) is 2.17. The van der Waals surface area contributed by atoms with Crippen LogP contribution in [0.1, 0.15) is 0 Å². The van der Waals surface area contributed by atoms with Crippen LogP contribution in [0.2, 0.25) is 25.7 Å². The second-order valence-corrected chi connectivity index (χ2v) is 11.5. The van der Waals surface area contributed by atoms with E-state index in [0.29, 0.717) is 11.2 Å². The minimum atomic E-state index is -1.01. The molecule has 5 heteroatoms. The van der Waals surface area contributed by atoms with Crippen LogP contribution in [0.15, 0.2) is 27.7 Å². The van der Waals surface area contributed by atoms with Gasteiger partial charge in [-0.15, -0.1) is 0 Å². The highest BCUT2D eigenvalue weighted by molar-refractivity contribution is 9.10. The molecule has 0 saturated heterocycles. The number of halogens is 1. The Morgan fingerprint density at radius 1 is 1.44 bits per heavy atom. The zero-order valence-corrected chi connectivity index (χ0v) is 12.6. The van der Waals surface area contributed by atoms with E-state index in [2.05, 4.69) is 35.6 Å². The van der Waals surface area contributed by atoms with Crippen LogP contribution in [0.5, 0.6) is 0 Å². The van der Waals surface area contributed by atoms with Crippen LogP contribution in [0.25, 0.3) is 0 Å². The van der Waals surface area contributed by atoms with Crippen molar-refractivity contribution in [1.29, 1.82) is 0 Å². The number of hydrogen-bond acceptors (Lipinski definition) is 2. The topological polar surface area (TPSA) is 31.2 Å². The second kappa shape index (κ2) is 5.79. The van der Waals surface area contributed by atoms with E-state index in [-0.39, 0.29) is 5.43 Å². The van der Waals surface area contributed by atoms with Crippen molar-refractivity contribution in [3.63, 3.8) is 0 Å². The van der Waals surface area contributed by atoms with Crippen molar-refractivity contribution in [3.8, 4) is 0 Å². The molecule has 0 bridgehead atoms. The smallest absolute Gasteiger partial charge is 0.195 e. The summed E-state index contributed by atoms with van der Waals surface area (Å²) in [6, 6.07) is 2.69. The lowest BCUT2D eigenvalue weighted by molar-refractivity contribution is 0.0867. The normalized spacial score (nSPS) is 11.8. The first kappa shape index (κ1) is 13.7. The first-order chi connectivity index (χ1) is 7.38. The third-order valence-corrected chi connectivity index (χ3v) is 4.47. The minimum absolute atomic E-state index is 0.00153. The molecule has 1 aromatic heterocycles. The maximum absolute atomic E-state index is 11.1. The number of rotatable bonds is 5. The highest BCUT2D eigenvalue weighted by Crippen LogP contribution is 2.08. The molecule has 0 fully saturated rings. The predicted molar refractivity (Wildman–Crippen MR) is 72.5 cm³/mol. The van der Waals surface area contributed by atoms with E-state index in [1.807, 2.05) is 4.57 Å². The van der Waals surface area contributed by atoms with Gasteiger partial charge in [0.1, 0.15) is 6.73 Å². The SMILES string of the molecule is C[Si](C)(C)CCOCn1ccc(=O)c(Br)c1. The summed E-state index contributed by atoms with van der Waals surface area (Å²) in [5.74, 6) is 0. The zero-order valence-electron chi connectivity index (χ0n) is 10.00. The van der Waals surface area contributed by atoms with E-state index in [4.69, 9.17) is 4.74 Å². The Labute approximate surface area is 106 Å². The summed E-state index contributed by atoms with van der Waals surface area (Å²) in [4.78, 5) is 11.1. The first-order valence-electron chi connectivity index (χ1n) is 5.32. The molecule has 0 aliphatic heterocycles. The van der Waals surface area contributed by atoms with Crippen LogP contribution in [0.3, 0.4) is 0 Å². The van der Waals surface area contributed by atoms with Crippen LogP contribution in [0.4, 0.5) is 0 Å². The Kier molecular flexibility index (Phi) is 4.95. The summed E-state index contributed by atoms with van der Waals surface area (Å²) in [7, 11) is -1.01. The molecule has 0 N–H and O–H groups in total. The van der Waals surface area contributed by atoms with Gasteiger partial charge in [-0.2, -0.15) is 0 Å². The standard InChI is InChI=1S/C11H18BrNO2Si/c1-16(2,3)7-6-15-9-13-5-4-11(14)10(12)8-13/h4-5,8H,6-7,9H2,1-3H3. The highest BCUT2D eigenvalue weighted by Gasteiger charge is 2.11. The molecule has 0 aromatic carbocycles. The number of nitrogens with zero attached hydrogens (tertiary/aromatic N) is 1. The summed E-state index contributed by atoms with van der Waals surface area (Å²) in [5.41, 5.74) is -0.00153.